The second-order valence-corrected chi connectivity index (χ2v) is 6.89. The molecule has 0 aliphatic rings. The van der Waals surface area contributed by atoms with Crippen LogP contribution in [-0.2, 0) is 19.5 Å². The molecule has 0 spiro atoms. The molecule has 33 heavy (non-hydrogen) atoms. The normalized spacial score (nSPS) is 10.4. The second kappa shape index (κ2) is 9.58. The summed E-state index contributed by atoms with van der Waals surface area (Å²) in [5, 5.41) is 40.2. The Morgan fingerprint density at radius 2 is 0.697 bits per heavy atom. The molecule has 0 saturated heterocycles. The fraction of sp³-hybridized carbons (Fsp3) is 0. The Morgan fingerprint density at radius 1 is 0.424 bits per heavy atom. The Labute approximate surface area is 201 Å². The predicted octanol–water partition coefficient (Wildman–Crippen LogP) is 2.99. The van der Waals surface area contributed by atoms with Crippen LogP contribution in [0.15, 0.2) is 97.1 Å². The van der Waals surface area contributed by atoms with Crippen molar-refractivity contribution < 1.29 is 29.7 Å². The first-order valence-corrected chi connectivity index (χ1v) is 9.86. The molecule has 0 saturated carbocycles. The Bertz CT molecular complexity index is 1350. The van der Waals surface area contributed by atoms with Crippen molar-refractivity contribution in [1.82, 2.24) is 30.0 Å². The van der Waals surface area contributed by atoms with Crippen molar-refractivity contribution in [3.8, 4) is 22.9 Å². The van der Waals surface area contributed by atoms with E-state index in [4.69, 9.17) is 0 Å². The van der Waals surface area contributed by atoms with Crippen LogP contribution in [0.4, 0.5) is 0 Å². The molecule has 0 radical (unpaired) electrons. The van der Waals surface area contributed by atoms with Crippen molar-refractivity contribution >= 4 is 22.1 Å². The van der Waals surface area contributed by atoms with Gasteiger partial charge in [-0.25, -0.2) is 0 Å². The Morgan fingerprint density at radius 3 is 1.00 bits per heavy atom. The molecule has 156 valence electrons. The third-order valence-corrected chi connectivity index (χ3v) is 4.73. The average Bonchev–Trinajstić information content (AvgIpc) is 3.44. The molecule has 0 amide bonds. The van der Waals surface area contributed by atoms with Crippen molar-refractivity contribution in [2.24, 2.45) is 0 Å². The molecule has 0 fully saturated rings. The third-order valence-electron chi connectivity index (χ3n) is 4.73. The number of aromatic nitrogens is 6. The maximum absolute atomic E-state index is 11.6. The molecular formula is C24H16N6O2Zn. The summed E-state index contributed by atoms with van der Waals surface area (Å²) >= 11 is 0. The maximum Gasteiger partial charge on any atom is 2.00 e. The van der Waals surface area contributed by atoms with Crippen LogP contribution in [0, 0.1) is 0 Å². The van der Waals surface area contributed by atoms with Gasteiger partial charge in [0.25, 0.3) is 0 Å². The van der Waals surface area contributed by atoms with Crippen LogP contribution in [0.1, 0.15) is 0 Å². The van der Waals surface area contributed by atoms with Gasteiger partial charge in [-0.3, -0.25) is 0 Å². The zero-order valence-corrected chi connectivity index (χ0v) is 20.4. The minimum Gasteiger partial charge on any atom is -0.871 e. The molecule has 0 N–H and O–H groups in total. The quantitative estimate of drug-likeness (QED) is 0.349. The van der Waals surface area contributed by atoms with Gasteiger partial charge in [0.15, 0.2) is 0 Å². The number of benzene rings is 4. The fourth-order valence-corrected chi connectivity index (χ4v) is 3.18. The van der Waals surface area contributed by atoms with Crippen LogP contribution < -0.4 is 10.2 Å². The van der Waals surface area contributed by atoms with Crippen LogP contribution >= 0.6 is 0 Å². The van der Waals surface area contributed by atoms with Crippen molar-refractivity contribution in [2.45, 2.75) is 0 Å². The first-order valence-electron chi connectivity index (χ1n) is 9.86. The molecule has 4 aromatic carbocycles. The molecule has 0 atom stereocenters. The van der Waals surface area contributed by atoms with Gasteiger partial charge < -0.3 is 10.2 Å². The molecule has 0 aliphatic heterocycles. The summed E-state index contributed by atoms with van der Waals surface area (Å²) in [6.45, 7) is 0. The summed E-state index contributed by atoms with van der Waals surface area (Å²) in [7, 11) is 0. The molecule has 2 heterocycles. The van der Waals surface area contributed by atoms with Gasteiger partial charge in [0.1, 0.15) is 22.1 Å². The van der Waals surface area contributed by atoms with E-state index in [0.717, 1.165) is 22.1 Å². The predicted molar refractivity (Wildman–Crippen MR) is 117 cm³/mol. The van der Waals surface area contributed by atoms with E-state index in [1.54, 1.807) is 36.4 Å². The minimum atomic E-state index is -0.0807. The van der Waals surface area contributed by atoms with E-state index in [1.807, 2.05) is 48.5 Å². The van der Waals surface area contributed by atoms with E-state index in [2.05, 4.69) is 20.4 Å². The topological polar surface area (TPSA) is 108 Å². The first-order chi connectivity index (χ1) is 15.7. The average molecular weight is 486 g/mol. The Kier molecular flexibility index (Phi) is 6.42. The number of hydrogen-bond acceptors (Lipinski definition) is 6. The summed E-state index contributed by atoms with van der Waals surface area (Å²) in [6, 6.07) is 28.5. The number of nitrogens with zero attached hydrogens (tertiary/aromatic N) is 6. The summed E-state index contributed by atoms with van der Waals surface area (Å²) in [5.41, 5.74) is 4.07. The van der Waals surface area contributed by atoms with Crippen molar-refractivity contribution in [3.05, 3.63) is 97.1 Å². The van der Waals surface area contributed by atoms with Crippen molar-refractivity contribution in [1.29, 1.82) is 0 Å². The molecule has 0 unspecified atom stereocenters. The van der Waals surface area contributed by atoms with Gasteiger partial charge in [0, 0.05) is 0 Å². The van der Waals surface area contributed by atoms with Gasteiger partial charge in [0.2, 0.25) is 0 Å². The minimum absolute atomic E-state index is 0. The first kappa shape index (κ1) is 22.1. The summed E-state index contributed by atoms with van der Waals surface area (Å²) in [5.74, 6) is -0.161. The summed E-state index contributed by atoms with van der Waals surface area (Å²) in [4.78, 5) is 2.76. The zero-order valence-electron chi connectivity index (χ0n) is 17.4. The molecule has 0 bridgehead atoms. The van der Waals surface area contributed by atoms with E-state index in [9.17, 15) is 10.2 Å². The van der Waals surface area contributed by atoms with Crippen LogP contribution in [0.3, 0.4) is 0 Å². The van der Waals surface area contributed by atoms with E-state index < -0.39 is 0 Å². The molecular weight excluding hydrogens is 470 g/mol. The van der Waals surface area contributed by atoms with Gasteiger partial charge >= 0.3 is 19.5 Å². The molecule has 9 heteroatoms. The van der Waals surface area contributed by atoms with Crippen LogP contribution in [0.25, 0.3) is 33.4 Å². The maximum atomic E-state index is 11.6. The zero-order chi connectivity index (χ0) is 21.9. The molecule has 0 aliphatic carbocycles. The summed E-state index contributed by atoms with van der Waals surface area (Å²) in [6.07, 6.45) is 0. The molecule has 6 aromatic rings. The number of rotatable bonds is 2. The Balaban J connectivity index is 0.000000152. The van der Waals surface area contributed by atoms with E-state index in [0.29, 0.717) is 11.4 Å². The second-order valence-electron chi connectivity index (χ2n) is 6.89. The number of hydrogen-bond donors (Lipinski definition) is 0. The summed E-state index contributed by atoms with van der Waals surface area (Å²) < 4.78 is 0. The smallest absolute Gasteiger partial charge is 0.871 e. The monoisotopic (exact) mass is 484 g/mol. The van der Waals surface area contributed by atoms with Gasteiger partial charge in [0.05, 0.1) is 11.4 Å². The standard InChI is InChI=1S/2C12H9N3O.Zn/c2*16-12-8-4-3-7-11(12)15-13-9-5-1-2-6-10(9)14-15;/h2*1-8,16H;/q;;+2/p-2. The van der Waals surface area contributed by atoms with Crippen LogP contribution in [0.5, 0.6) is 11.5 Å². The van der Waals surface area contributed by atoms with E-state index in [1.165, 1.54) is 21.7 Å². The van der Waals surface area contributed by atoms with Crippen molar-refractivity contribution in [2.75, 3.05) is 0 Å². The van der Waals surface area contributed by atoms with Gasteiger partial charge in [-0.15, -0.1) is 20.4 Å². The van der Waals surface area contributed by atoms with Crippen LogP contribution in [0.2, 0.25) is 0 Å². The van der Waals surface area contributed by atoms with Crippen molar-refractivity contribution in [3.63, 3.8) is 0 Å². The van der Waals surface area contributed by atoms with E-state index >= 15 is 0 Å². The van der Waals surface area contributed by atoms with Gasteiger partial charge in [-0.1, -0.05) is 72.2 Å². The van der Waals surface area contributed by atoms with Gasteiger partial charge in [-0.2, -0.15) is 9.59 Å². The molecule has 6 rings (SSSR count). The third kappa shape index (κ3) is 4.58. The number of fused-ring (bicyclic) bond motifs is 2. The SMILES string of the molecule is [O-]c1ccccc1-n1nc2ccccc2n1.[O-]c1ccccc1-n1nc2ccccc2n1.[Zn+2]. The van der Waals surface area contributed by atoms with Crippen LogP contribution in [-0.4, -0.2) is 30.0 Å². The number of para-hydroxylation sites is 4. The molecule has 8 nitrogen and oxygen atoms in total. The Hall–Kier alpha value is -4.10. The largest absolute Gasteiger partial charge is 2.00 e. The fourth-order valence-electron chi connectivity index (χ4n) is 3.18. The molecule has 2 aromatic heterocycles. The van der Waals surface area contributed by atoms with E-state index in [-0.39, 0.29) is 31.0 Å². The van der Waals surface area contributed by atoms with Gasteiger partial charge in [-0.05, 0) is 36.4 Å².